The second-order valence-electron chi connectivity index (χ2n) is 6.03. The van der Waals surface area contributed by atoms with Gasteiger partial charge in [0.05, 0.1) is 11.7 Å². The third-order valence-electron chi connectivity index (χ3n) is 3.90. The number of hydrogen-bond acceptors (Lipinski definition) is 4. The van der Waals surface area contributed by atoms with Crippen LogP contribution in [0.5, 0.6) is 5.75 Å². The van der Waals surface area contributed by atoms with E-state index < -0.39 is 0 Å². The predicted octanol–water partition coefficient (Wildman–Crippen LogP) is 7.54. The van der Waals surface area contributed by atoms with Gasteiger partial charge in [-0.25, -0.2) is 0 Å². The van der Waals surface area contributed by atoms with Gasteiger partial charge in [0.25, 0.3) is 0 Å². The van der Waals surface area contributed by atoms with Crippen LogP contribution in [0.3, 0.4) is 0 Å². The normalized spacial score (nSPS) is 12.0. The lowest BCUT2D eigenvalue weighted by Crippen LogP contribution is -1.90. The fourth-order valence-corrected chi connectivity index (χ4v) is 6.35. The fraction of sp³-hybridized carbons (Fsp3) is 0.182. The molecule has 134 valence electrons. The molecule has 0 amide bonds. The van der Waals surface area contributed by atoms with Crippen LogP contribution in [0.2, 0.25) is 0 Å². The zero-order chi connectivity index (χ0) is 18.4. The van der Waals surface area contributed by atoms with Crippen LogP contribution in [0.15, 0.2) is 82.6 Å². The highest BCUT2D eigenvalue weighted by molar-refractivity contribution is 8.78. The molecule has 0 heterocycles. The summed E-state index contributed by atoms with van der Waals surface area (Å²) in [5.74, 6) is 0.893. The van der Waals surface area contributed by atoms with Gasteiger partial charge in [0.1, 0.15) is 5.75 Å². The molecule has 0 aliphatic heterocycles. The largest absolute Gasteiger partial charge is 0.497 e. The minimum Gasteiger partial charge on any atom is -0.497 e. The van der Waals surface area contributed by atoms with Crippen LogP contribution in [-0.4, -0.2) is 7.11 Å². The Labute approximate surface area is 168 Å². The van der Waals surface area contributed by atoms with E-state index in [1.54, 1.807) is 7.11 Å². The summed E-state index contributed by atoms with van der Waals surface area (Å²) >= 11 is 1.89. The summed E-state index contributed by atoms with van der Waals surface area (Å²) in [6.45, 7) is 4.24. The van der Waals surface area contributed by atoms with Gasteiger partial charge in [-0.15, -0.1) is 11.8 Å². The van der Waals surface area contributed by atoms with Gasteiger partial charge in [-0.1, -0.05) is 69.1 Å². The van der Waals surface area contributed by atoms with Crippen molar-refractivity contribution in [2.75, 3.05) is 7.11 Å². The van der Waals surface area contributed by atoms with Crippen LogP contribution in [0, 0.1) is 13.8 Å². The van der Waals surface area contributed by atoms with Gasteiger partial charge in [0.15, 0.2) is 0 Å². The maximum Gasteiger partial charge on any atom is 0.118 e. The summed E-state index contributed by atoms with van der Waals surface area (Å²) < 4.78 is 5.60. The maximum atomic E-state index is 5.30. The van der Waals surface area contributed by atoms with Crippen molar-refractivity contribution < 1.29 is 4.74 Å². The number of hydrogen-bond donors (Lipinski definition) is 0. The van der Waals surface area contributed by atoms with Gasteiger partial charge in [-0.2, -0.15) is 0 Å². The quantitative estimate of drug-likeness (QED) is 0.231. The predicted molar refractivity (Wildman–Crippen MR) is 117 cm³/mol. The number of aryl methyl sites for hydroxylation is 2. The molecular weight excluding hydrogens is 376 g/mol. The molecule has 0 aliphatic rings. The number of benzene rings is 3. The highest BCUT2D eigenvalue weighted by Crippen LogP contribution is 2.51. The molecule has 0 saturated carbocycles. The molecular formula is C22H22OS3. The molecule has 1 unspecified atom stereocenters. The Kier molecular flexibility index (Phi) is 7.00. The summed E-state index contributed by atoms with van der Waals surface area (Å²) in [6, 6.07) is 25.8. The molecule has 4 heteroatoms. The summed E-state index contributed by atoms with van der Waals surface area (Å²) in [4.78, 5) is 2.57. The summed E-state index contributed by atoms with van der Waals surface area (Å²) in [7, 11) is 5.42. The number of rotatable bonds is 7. The molecule has 0 bridgehead atoms. The van der Waals surface area contributed by atoms with Crippen molar-refractivity contribution in [1.82, 2.24) is 0 Å². The molecule has 0 aromatic heterocycles. The lowest BCUT2D eigenvalue weighted by molar-refractivity contribution is 0.414. The number of methoxy groups -OCH3 is 1. The first-order valence-corrected chi connectivity index (χ1v) is 11.5. The molecule has 1 atom stereocenters. The van der Waals surface area contributed by atoms with Crippen LogP contribution in [0.1, 0.15) is 21.3 Å². The van der Waals surface area contributed by atoms with E-state index in [4.69, 9.17) is 4.74 Å². The van der Waals surface area contributed by atoms with Crippen molar-refractivity contribution in [1.29, 1.82) is 0 Å². The maximum absolute atomic E-state index is 5.30. The van der Waals surface area contributed by atoms with Gasteiger partial charge in [-0.3, -0.25) is 0 Å². The van der Waals surface area contributed by atoms with E-state index in [0.717, 1.165) is 5.75 Å². The van der Waals surface area contributed by atoms with Crippen molar-refractivity contribution in [3.05, 3.63) is 89.5 Å². The van der Waals surface area contributed by atoms with E-state index in [9.17, 15) is 0 Å². The van der Waals surface area contributed by atoms with Crippen LogP contribution < -0.4 is 4.74 Å². The van der Waals surface area contributed by atoms with E-state index >= 15 is 0 Å². The molecule has 0 N–H and O–H groups in total. The minimum atomic E-state index is 0.301. The Hall–Kier alpha value is -1.49. The Morgan fingerprint density at radius 2 is 1.23 bits per heavy atom. The third kappa shape index (κ3) is 5.50. The fourth-order valence-electron chi connectivity index (χ4n) is 2.34. The smallest absolute Gasteiger partial charge is 0.118 e. The molecule has 0 radical (unpaired) electrons. The Morgan fingerprint density at radius 1 is 0.692 bits per heavy atom. The second-order valence-corrected chi connectivity index (χ2v) is 9.88. The molecule has 0 aliphatic carbocycles. The van der Waals surface area contributed by atoms with Crippen LogP contribution >= 0.6 is 33.3 Å². The zero-order valence-electron chi connectivity index (χ0n) is 15.1. The monoisotopic (exact) mass is 398 g/mol. The zero-order valence-corrected chi connectivity index (χ0v) is 17.6. The lowest BCUT2D eigenvalue weighted by atomic mass is 10.2. The Bertz CT molecular complexity index is 812. The Balaban J connectivity index is 1.77. The van der Waals surface area contributed by atoms with E-state index in [1.807, 2.05) is 45.5 Å². The first-order chi connectivity index (χ1) is 12.6. The molecule has 3 aromatic rings. The molecule has 3 aromatic carbocycles. The lowest BCUT2D eigenvalue weighted by Gasteiger charge is -2.17. The third-order valence-corrected chi connectivity index (χ3v) is 8.33. The molecule has 3 rings (SSSR count). The van der Waals surface area contributed by atoms with E-state index in [2.05, 4.69) is 74.5 Å². The van der Waals surface area contributed by atoms with Gasteiger partial charge >= 0.3 is 0 Å². The summed E-state index contributed by atoms with van der Waals surface area (Å²) in [6.07, 6.45) is 0. The van der Waals surface area contributed by atoms with E-state index in [1.165, 1.54) is 26.5 Å². The molecule has 0 saturated heterocycles. The summed E-state index contributed by atoms with van der Waals surface area (Å²) in [5, 5.41) is 0. The van der Waals surface area contributed by atoms with Crippen molar-refractivity contribution >= 4 is 33.3 Å². The van der Waals surface area contributed by atoms with Gasteiger partial charge < -0.3 is 4.74 Å². The Morgan fingerprint density at radius 3 is 1.77 bits per heavy atom. The molecule has 0 spiro atoms. The average Bonchev–Trinajstić information content (AvgIpc) is 2.68. The van der Waals surface area contributed by atoms with Crippen molar-refractivity contribution in [2.24, 2.45) is 0 Å². The van der Waals surface area contributed by atoms with Crippen LogP contribution in [0.25, 0.3) is 0 Å². The first kappa shape index (κ1) is 19.3. The number of thioether (sulfide) groups is 1. The highest BCUT2D eigenvalue weighted by atomic mass is 33.1. The van der Waals surface area contributed by atoms with Crippen molar-refractivity contribution in [3.8, 4) is 5.75 Å². The molecule has 0 fully saturated rings. The number of ether oxygens (including phenoxy) is 1. The van der Waals surface area contributed by atoms with Crippen molar-refractivity contribution in [3.63, 3.8) is 0 Å². The average molecular weight is 399 g/mol. The summed E-state index contributed by atoms with van der Waals surface area (Å²) in [5.41, 5.74) is 3.87. The minimum absolute atomic E-state index is 0.301. The van der Waals surface area contributed by atoms with E-state index in [-0.39, 0.29) is 0 Å². The van der Waals surface area contributed by atoms with Crippen LogP contribution in [0.4, 0.5) is 0 Å². The van der Waals surface area contributed by atoms with Crippen LogP contribution in [-0.2, 0) is 0 Å². The van der Waals surface area contributed by atoms with Gasteiger partial charge in [0.2, 0.25) is 0 Å². The molecule has 1 nitrogen and oxygen atoms in total. The van der Waals surface area contributed by atoms with E-state index in [0.29, 0.717) is 4.58 Å². The van der Waals surface area contributed by atoms with Crippen molar-refractivity contribution in [2.45, 2.75) is 28.2 Å². The standard InChI is InChI=1S/C22H22OS3/c1-16-4-12-20(13-5-16)24-22(18-8-10-19(23-3)11-9-18)26-25-21-14-6-17(2)7-15-21/h4-15,22H,1-3H3. The second kappa shape index (κ2) is 9.45. The van der Waals surface area contributed by atoms with Gasteiger partial charge in [-0.05, 0) is 55.8 Å². The highest BCUT2D eigenvalue weighted by Gasteiger charge is 2.15. The SMILES string of the molecule is COc1ccc(C(SSc2ccc(C)cc2)Sc2ccc(C)cc2)cc1. The van der Waals surface area contributed by atoms with Gasteiger partial charge in [0, 0.05) is 9.79 Å². The first-order valence-electron chi connectivity index (χ1n) is 8.41. The molecule has 26 heavy (non-hydrogen) atoms. The topological polar surface area (TPSA) is 9.23 Å².